The summed E-state index contributed by atoms with van der Waals surface area (Å²) in [5, 5.41) is 17.0. The van der Waals surface area contributed by atoms with Crippen molar-refractivity contribution >= 4 is 33.1 Å². The van der Waals surface area contributed by atoms with Gasteiger partial charge in [-0.1, -0.05) is 29.4 Å². The van der Waals surface area contributed by atoms with Crippen LogP contribution >= 0.6 is 27.3 Å². The fourth-order valence-electron chi connectivity index (χ4n) is 1.63. The van der Waals surface area contributed by atoms with E-state index in [0.717, 1.165) is 23.1 Å². The SMILES string of the molecule is NC(=NO)c1ccc(CNCc2cc(Br)cs2)cc1. The largest absolute Gasteiger partial charge is 0.409 e. The van der Waals surface area contributed by atoms with Crippen molar-refractivity contribution in [3.8, 4) is 0 Å². The van der Waals surface area contributed by atoms with Gasteiger partial charge in [-0.05, 0) is 27.6 Å². The Balaban J connectivity index is 1.86. The lowest BCUT2D eigenvalue weighted by Gasteiger charge is -2.04. The summed E-state index contributed by atoms with van der Waals surface area (Å²) in [6.45, 7) is 1.63. The molecule has 0 aliphatic carbocycles. The van der Waals surface area contributed by atoms with Gasteiger partial charge in [0.2, 0.25) is 0 Å². The maximum atomic E-state index is 8.57. The third kappa shape index (κ3) is 4.05. The molecule has 6 heteroatoms. The molecule has 1 aromatic carbocycles. The topological polar surface area (TPSA) is 70.6 Å². The van der Waals surface area contributed by atoms with Crippen LogP contribution in [0.2, 0.25) is 0 Å². The number of nitrogens with zero attached hydrogens (tertiary/aromatic N) is 1. The molecular weight excluding hydrogens is 326 g/mol. The molecule has 19 heavy (non-hydrogen) atoms. The zero-order chi connectivity index (χ0) is 13.7. The first-order chi connectivity index (χ1) is 9.19. The van der Waals surface area contributed by atoms with E-state index >= 15 is 0 Å². The second kappa shape index (κ2) is 6.70. The van der Waals surface area contributed by atoms with Crippen molar-refractivity contribution < 1.29 is 5.21 Å². The Morgan fingerprint density at radius 2 is 2.05 bits per heavy atom. The molecule has 0 saturated heterocycles. The summed E-state index contributed by atoms with van der Waals surface area (Å²) in [6.07, 6.45) is 0. The van der Waals surface area contributed by atoms with Crippen LogP contribution in [0, 0.1) is 0 Å². The molecule has 100 valence electrons. The Morgan fingerprint density at radius 3 is 2.63 bits per heavy atom. The van der Waals surface area contributed by atoms with E-state index in [1.807, 2.05) is 24.3 Å². The average Bonchev–Trinajstić information content (AvgIpc) is 2.84. The molecule has 0 aliphatic heterocycles. The quantitative estimate of drug-likeness (QED) is 0.339. The van der Waals surface area contributed by atoms with Crippen LogP contribution in [-0.2, 0) is 13.1 Å². The number of nitrogens with two attached hydrogens (primary N) is 1. The highest BCUT2D eigenvalue weighted by atomic mass is 79.9. The highest BCUT2D eigenvalue weighted by molar-refractivity contribution is 9.10. The van der Waals surface area contributed by atoms with Crippen molar-refractivity contribution in [1.82, 2.24) is 5.32 Å². The molecule has 1 aromatic heterocycles. The van der Waals surface area contributed by atoms with Crippen molar-refractivity contribution in [1.29, 1.82) is 0 Å². The normalized spacial score (nSPS) is 11.7. The van der Waals surface area contributed by atoms with Crippen LogP contribution in [0.5, 0.6) is 0 Å². The molecule has 0 atom stereocenters. The molecule has 0 bridgehead atoms. The molecule has 2 aromatic rings. The first-order valence-corrected chi connectivity index (χ1v) is 7.37. The van der Waals surface area contributed by atoms with Gasteiger partial charge in [0.15, 0.2) is 5.84 Å². The highest BCUT2D eigenvalue weighted by Crippen LogP contribution is 2.19. The van der Waals surface area contributed by atoms with E-state index in [1.54, 1.807) is 11.3 Å². The van der Waals surface area contributed by atoms with Crippen molar-refractivity contribution in [2.45, 2.75) is 13.1 Å². The van der Waals surface area contributed by atoms with Gasteiger partial charge in [-0.2, -0.15) is 0 Å². The van der Waals surface area contributed by atoms with Gasteiger partial charge >= 0.3 is 0 Å². The van der Waals surface area contributed by atoms with Crippen molar-refractivity contribution in [3.05, 3.63) is 56.2 Å². The lowest BCUT2D eigenvalue weighted by molar-refractivity contribution is 0.318. The number of amidine groups is 1. The maximum Gasteiger partial charge on any atom is 0.170 e. The Hall–Kier alpha value is -1.37. The Morgan fingerprint density at radius 1 is 1.32 bits per heavy atom. The highest BCUT2D eigenvalue weighted by Gasteiger charge is 2.00. The molecule has 0 spiro atoms. The van der Waals surface area contributed by atoms with Crippen molar-refractivity contribution in [2.24, 2.45) is 10.9 Å². The molecule has 1 heterocycles. The molecule has 0 fully saturated rings. The minimum Gasteiger partial charge on any atom is -0.409 e. The first-order valence-electron chi connectivity index (χ1n) is 5.69. The molecule has 0 radical (unpaired) electrons. The van der Waals surface area contributed by atoms with Crippen LogP contribution in [0.4, 0.5) is 0 Å². The number of thiophene rings is 1. The van der Waals surface area contributed by atoms with Gasteiger partial charge in [0.05, 0.1) is 0 Å². The number of benzene rings is 1. The Kier molecular flexibility index (Phi) is 4.95. The van der Waals surface area contributed by atoms with Gasteiger partial charge in [-0.15, -0.1) is 11.3 Å². The lowest BCUT2D eigenvalue weighted by atomic mass is 10.1. The number of hydrogen-bond donors (Lipinski definition) is 3. The number of rotatable bonds is 5. The number of hydrogen-bond acceptors (Lipinski definition) is 4. The van der Waals surface area contributed by atoms with Crippen molar-refractivity contribution in [2.75, 3.05) is 0 Å². The van der Waals surface area contributed by atoms with Crippen LogP contribution in [0.1, 0.15) is 16.0 Å². The average molecular weight is 340 g/mol. The molecule has 4 nitrogen and oxygen atoms in total. The smallest absolute Gasteiger partial charge is 0.170 e. The predicted octanol–water partition coefficient (Wildman–Crippen LogP) is 2.89. The van der Waals surface area contributed by atoms with Gasteiger partial charge < -0.3 is 16.3 Å². The minimum absolute atomic E-state index is 0.128. The summed E-state index contributed by atoms with van der Waals surface area (Å²) in [5.41, 5.74) is 7.38. The number of nitrogens with one attached hydrogen (secondary N) is 1. The molecule has 0 amide bonds. The molecule has 0 aliphatic rings. The minimum atomic E-state index is 0.128. The van der Waals surface area contributed by atoms with Gasteiger partial charge in [-0.3, -0.25) is 0 Å². The van der Waals surface area contributed by atoms with Crippen LogP contribution in [-0.4, -0.2) is 11.0 Å². The van der Waals surface area contributed by atoms with Gasteiger partial charge in [0.1, 0.15) is 0 Å². The summed E-state index contributed by atoms with van der Waals surface area (Å²) >= 11 is 5.16. The third-order valence-corrected chi connectivity index (χ3v) is 4.31. The molecule has 0 saturated carbocycles. The second-order valence-corrected chi connectivity index (χ2v) is 5.93. The fourth-order valence-corrected chi connectivity index (χ4v) is 3.05. The van der Waals surface area contributed by atoms with Gasteiger partial charge in [0, 0.05) is 33.4 Å². The third-order valence-electron chi connectivity index (χ3n) is 2.61. The lowest BCUT2D eigenvalue weighted by Crippen LogP contribution is -2.14. The zero-order valence-corrected chi connectivity index (χ0v) is 12.5. The van der Waals surface area contributed by atoms with E-state index in [9.17, 15) is 0 Å². The molecule has 2 rings (SSSR count). The van der Waals surface area contributed by atoms with E-state index in [0.29, 0.717) is 5.56 Å². The monoisotopic (exact) mass is 339 g/mol. The standard InChI is InChI=1S/C13H14BrN3OS/c14-11-5-12(19-8-11)7-16-6-9-1-3-10(4-2-9)13(15)17-18/h1-5,8,16,18H,6-7H2,(H2,15,17). The summed E-state index contributed by atoms with van der Waals surface area (Å²) in [6, 6.07) is 9.72. The number of oxime groups is 1. The molecule has 0 unspecified atom stereocenters. The second-order valence-electron chi connectivity index (χ2n) is 4.02. The summed E-state index contributed by atoms with van der Waals surface area (Å²) in [7, 11) is 0. The van der Waals surface area contributed by atoms with E-state index in [1.165, 1.54) is 4.88 Å². The number of halogens is 1. The fraction of sp³-hybridized carbons (Fsp3) is 0.154. The van der Waals surface area contributed by atoms with Crippen LogP contribution < -0.4 is 11.1 Å². The first kappa shape index (κ1) is 14.0. The van der Waals surface area contributed by atoms with E-state index in [4.69, 9.17) is 10.9 Å². The maximum absolute atomic E-state index is 8.57. The van der Waals surface area contributed by atoms with E-state index in [-0.39, 0.29) is 5.84 Å². The van der Waals surface area contributed by atoms with Crippen molar-refractivity contribution in [3.63, 3.8) is 0 Å². The van der Waals surface area contributed by atoms with Gasteiger partial charge in [0.25, 0.3) is 0 Å². The molecule has 4 N–H and O–H groups in total. The Bertz CT molecular complexity index is 566. The summed E-state index contributed by atoms with van der Waals surface area (Å²) < 4.78 is 1.12. The Labute approximate surface area is 124 Å². The zero-order valence-electron chi connectivity index (χ0n) is 10.1. The predicted molar refractivity (Wildman–Crippen MR) is 81.5 cm³/mol. The summed E-state index contributed by atoms with van der Waals surface area (Å²) in [4.78, 5) is 1.29. The van der Waals surface area contributed by atoms with Crippen LogP contribution in [0.15, 0.2) is 45.3 Å². The van der Waals surface area contributed by atoms with E-state index < -0.39 is 0 Å². The van der Waals surface area contributed by atoms with Gasteiger partial charge in [-0.25, -0.2) is 0 Å². The molecular formula is C13H14BrN3OS. The van der Waals surface area contributed by atoms with Crippen LogP contribution in [0.25, 0.3) is 0 Å². The van der Waals surface area contributed by atoms with Crippen LogP contribution in [0.3, 0.4) is 0 Å². The summed E-state index contributed by atoms with van der Waals surface area (Å²) in [5.74, 6) is 0.128. The van der Waals surface area contributed by atoms with E-state index in [2.05, 4.69) is 37.8 Å².